The Balaban J connectivity index is 1.97. The van der Waals surface area contributed by atoms with Crippen molar-refractivity contribution in [3.05, 3.63) is 28.8 Å². The number of rotatable bonds is 4. The number of halogens is 1. The van der Waals surface area contributed by atoms with Crippen LogP contribution in [0.25, 0.3) is 0 Å². The number of ether oxygens (including phenoxy) is 1. The predicted octanol–water partition coefficient (Wildman–Crippen LogP) is 3.68. The molecule has 1 aliphatic heterocycles. The molecule has 0 atom stereocenters. The van der Waals surface area contributed by atoms with Gasteiger partial charge in [-0.1, -0.05) is 17.7 Å². The maximum absolute atomic E-state index is 6.15. The Kier molecular flexibility index (Phi) is 5.22. The third kappa shape index (κ3) is 3.56. The van der Waals surface area contributed by atoms with Crippen LogP contribution in [-0.2, 0) is 6.54 Å². The van der Waals surface area contributed by atoms with E-state index in [2.05, 4.69) is 29.8 Å². The molecule has 0 unspecified atom stereocenters. The van der Waals surface area contributed by atoms with Crippen molar-refractivity contribution in [2.75, 3.05) is 25.7 Å². The first-order valence-corrected chi connectivity index (χ1v) is 7.84. The van der Waals surface area contributed by atoms with Crippen LogP contribution < -0.4 is 4.74 Å². The first kappa shape index (κ1) is 14.0. The van der Waals surface area contributed by atoms with Crippen molar-refractivity contribution in [3.63, 3.8) is 0 Å². The SMILES string of the molecule is COc1ccc(CN(C)C2CCSCC2)cc1Cl. The average molecular weight is 286 g/mol. The molecule has 0 N–H and O–H groups in total. The van der Waals surface area contributed by atoms with Gasteiger partial charge in [-0.2, -0.15) is 11.8 Å². The molecule has 1 heterocycles. The zero-order chi connectivity index (χ0) is 13.0. The van der Waals surface area contributed by atoms with Crippen molar-refractivity contribution in [1.29, 1.82) is 0 Å². The lowest BCUT2D eigenvalue weighted by Gasteiger charge is -2.31. The van der Waals surface area contributed by atoms with Crippen molar-refractivity contribution in [3.8, 4) is 5.75 Å². The molecule has 0 aromatic heterocycles. The number of benzene rings is 1. The largest absolute Gasteiger partial charge is 0.495 e. The molecule has 1 aromatic carbocycles. The third-order valence-corrected chi connectivity index (χ3v) is 4.81. The fraction of sp³-hybridized carbons (Fsp3) is 0.571. The van der Waals surface area contributed by atoms with Gasteiger partial charge in [0.1, 0.15) is 5.75 Å². The van der Waals surface area contributed by atoms with Crippen LogP contribution >= 0.6 is 23.4 Å². The maximum Gasteiger partial charge on any atom is 0.137 e. The average Bonchev–Trinajstić information content (AvgIpc) is 2.40. The van der Waals surface area contributed by atoms with Crippen LogP contribution in [0.5, 0.6) is 5.75 Å². The highest BCUT2D eigenvalue weighted by Crippen LogP contribution is 2.27. The Labute approximate surface area is 119 Å². The summed E-state index contributed by atoms with van der Waals surface area (Å²) in [5.74, 6) is 3.33. The smallest absolute Gasteiger partial charge is 0.137 e. The molecule has 0 aliphatic carbocycles. The van der Waals surface area contributed by atoms with E-state index < -0.39 is 0 Å². The molecule has 4 heteroatoms. The zero-order valence-corrected chi connectivity index (χ0v) is 12.6. The number of thioether (sulfide) groups is 1. The second-order valence-corrected chi connectivity index (χ2v) is 6.36. The predicted molar refractivity (Wildman–Crippen MR) is 79.8 cm³/mol. The molecule has 2 rings (SSSR count). The van der Waals surface area contributed by atoms with Gasteiger partial charge in [-0.05, 0) is 49.1 Å². The molecule has 18 heavy (non-hydrogen) atoms. The van der Waals surface area contributed by atoms with Gasteiger partial charge in [0.05, 0.1) is 12.1 Å². The molecule has 1 saturated heterocycles. The summed E-state index contributed by atoms with van der Waals surface area (Å²) in [6, 6.07) is 6.77. The monoisotopic (exact) mass is 285 g/mol. The molecule has 2 nitrogen and oxygen atoms in total. The number of hydrogen-bond acceptors (Lipinski definition) is 3. The summed E-state index contributed by atoms with van der Waals surface area (Å²) in [5.41, 5.74) is 1.25. The van der Waals surface area contributed by atoms with Crippen molar-refractivity contribution in [1.82, 2.24) is 4.90 Å². The highest BCUT2D eigenvalue weighted by Gasteiger charge is 2.18. The second-order valence-electron chi connectivity index (χ2n) is 4.73. The Bertz CT molecular complexity index is 393. The van der Waals surface area contributed by atoms with Gasteiger partial charge in [0.25, 0.3) is 0 Å². The highest BCUT2D eigenvalue weighted by atomic mass is 35.5. The van der Waals surface area contributed by atoms with E-state index in [1.165, 1.54) is 29.9 Å². The molecule has 0 spiro atoms. The standard InChI is InChI=1S/C14H20ClNOS/c1-16(12-5-7-18-8-6-12)10-11-3-4-14(17-2)13(15)9-11/h3-4,9,12H,5-8,10H2,1-2H3. The third-order valence-electron chi connectivity index (χ3n) is 3.46. The van der Waals surface area contributed by atoms with Crippen molar-refractivity contribution < 1.29 is 4.74 Å². The molecule has 1 aromatic rings. The van der Waals surface area contributed by atoms with Crippen LogP contribution in [0.3, 0.4) is 0 Å². The van der Waals surface area contributed by atoms with Crippen LogP contribution in [0.4, 0.5) is 0 Å². The first-order chi connectivity index (χ1) is 8.70. The highest BCUT2D eigenvalue weighted by molar-refractivity contribution is 7.99. The lowest BCUT2D eigenvalue weighted by Crippen LogP contribution is -2.34. The number of hydrogen-bond donors (Lipinski definition) is 0. The Morgan fingerprint density at radius 1 is 1.39 bits per heavy atom. The summed E-state index contributed by atoms with van der Waals surface area (Å²) >= 11 is 8.22. The van der Waals surface area contributed by atoms with Crippen LogP contribution in [0, 0.1) is 0 Å². The van der Waals surface area contributed by atoms with Crippen LogP contribution in [-0.4, -0.2) is 36.6 Å². The van der Waals surface area contributed by atoms with E-state index in [9.17, 15) is 0 Å². The van der Waals surface area contributed by atoms with Gasteiger partial charge in [-0.3, -0.25) is 4.90 Å². The molecular weight excluding hydrogens is 266 g/mol. The molecule has 0 bridgehead atoms. The Morgan fingerprint density at radius 3 is 2.72 bits per heavy atom. The summed E-state index contributed by atoms with van der Waals surface area (Å²) in [7, 11) is 3.85. The van der Waals surface area contributed by atoms with E-state index in [1.54, 1.807) is 7.11 Å². The first-order valence-electron chi connectivity index (χ1n) is 6.31. The van der Waals surface area contributed by atoms with Crippen LogP contribution in [0.15, 0.2) is 18.2 Å². The summed E-state index contributed by atoms with van der Waals surface area (Å²) < 4.78 is 5.17. The van der Waals surface area contributed by atoms with E-state index in [0.717, 1.165) is 12.3 Å². The summed E-state index contributed by atoms with van der Waals surface area (Å²) in [6.45, 7) is 0.957. The van der Waals surface area contributed by atoms with Crippen molar-refractivity contribution in [2.24, 2.45) is 0 Å². The van der Waals surface area contributed by atoms with Gasteiger partial charge >= 0.3 is 0 Å². The fourth-order valence-electron chi connectivity index (χ4n) is 2.35. The van der Waals surface area contributed by atoms with Gasteiger partial charge in [0.15, 0.2) is 0 Å². The van der Waals surface area contributed by atoms with E-state index in [4.69, 9.17) is 16.3 Å². The quantitative estimate of drug-likeness (QED) is 0.837. The van der Waals surface area contributed by atoms with Gasteiger partial charge in [-0.25, -0.2) is 0 Å². The van der Waals surface area contributed by atoms with Crippen LogP contribution in [0.1, 0.15) is 18.4 Å². The number of methoxy groups -OCH3 is 1. The topological polar surface area (TPSA) is 12.5 Å². The van der Waals surface area contributed by atoms with Gasteiger partial charge in [0.2, 0.25) is 0 Å². The van der Waals surface area contributed by atoms with E-state index in [-0.39, 0.29) is 0 Å². The Hall–Kier alpha value is -0.380. The van der Waals surface area contributed by atoms with E-state index in [1.807, 2.05) is 12.1 Å². The van der Waals surface area contributed by atoms with Gasteiger partial charge < -0.3 is 4.74 Å². The van der Waals surface area contributed by atoms with Gasteiger partial charge in [-0.15, -0.1) is 0 Å². The summed E-state index contributed by atoms with van der Waals surface area (Å²) in [6.07, 6.45) is 2.59. The minimum absolute atomic E-state index is 0.697. The molecule has 0 saturated carbocycles. The lowest BCUT2D eigenvalue weighted by molar-refractivity contribution is 0.221. The molecule has 100 valence electrons. The normalized spacial score (nSPS) is 17.1. The van der Waals surface area contributed by atoms with E-state index in [0.29, 0.717) is 11.1 Å². The summed E-state index contributed by atoms with van der Waals surface area (Å²) in [4.78, 5) is 2.44. The minimum Gasteiger partial charge on any atom is -0.495 e. The summed E-state index contributed by atoms with van der Waals surface area (Å²) in [5, 5.41) is 0.697. The van der Waals surface area contributed by atoms with Crippen molar-refractivity contribution in [2.45, 2.75) is 25.4 Å². The minimum atomic E-state index is 0.697. The van der Waals surface area contributed by atoms with Crippen LogP contribution in [0.2, 0.25) is 5.02 Å². The molecule has 0 radical (unpaired) electrons. The van der Waals surface area contributed by atoms with Crippen molar-refractivity contribution >= 4 is 23.4 Å². The van der Waals surface area contributed by atoms with Gasteiger partial charge in [0, 0.05) is 12.6 Å². The molecule has 1 aliphatic rings. The zero-order valence-electron chi connectivity index (χ0n) is 11.0. The Morgan fingerprint density at radius 2 is 2.11 bits per heavy atom. The van der Waals surface area contributed by atoms with E-state index >= 15 is 0 Å². The second kappa shape index (κ2) is 6.69. The lowest BCUT2D eigenvalue weighted by atomic mass is 10.1. The maximum atomic E-state index is 6.15. The molecular formula is C14H20ClNOS. The number of nitrogens with zero attached hydrogens (tertiary/aromatic N) is 1. The molecule has 0 amide bonds. The fourth-order valence-corrected chi connectivity index (χ4v) is 3.71. The molecule has 1 fully saturated rings.